The third kappa shape index (κ3) is 5.49. The third-order valence-corrected chi connectivity index (χ3v) is 6.11. The van der Waals surface area contributed by atoms with Gasteiger partial charge in [-0.15, -0.1) is 0 Å². The summed E-state index contributed by atoms with van der Waals surface area (Å²) in [5.74, 6) is 0.709. The van der Waals surface area contributed by atoms with Crippen molar-refractivity contribution < 1.29 is 22.4 Å². The maximum absolute atomic E-state index is 12.9. The average Bonchev–Trinajstić information content (AvgIpc) is 3.29. The summed E-state index contributed by atoms with van der Waals surface area (Å²) in [5, 5.41) is 0. The molecule has 1 aromatic heterocycles. The van der Waals surface area contributed by atoms with Gasteiger partial charge in [0.15, 0.2) is 0 Å². The molecule has 30 heavy (non-hydrogen) atoms. The van der Waals surface area contributed by atoms with Crippen LogP contribution in [0.2, 0.25) is 0 Å². The Bertz CT molecular complexity index is 1050. The molecule has 3 rings (SSSR count). The summed E-state index contributed by atoms with van der Waals surface area (Å²) >= 11 is 0. The molecule has 0 aliphatic rings. The Kier molecular flexibility index (Phi) is 6.91. The Labute approximate surface area is 176 Å². The van der Waals surface area contributed by atoms with Gasteiger partial charge in [-0.3, -0.25) is 4.79 Å². The van der Waals surface area contributed by atoms with Crippen LogP contribution in [0.25, 0.3) is 0 Å². The minimum absolute atomic E-state index is 0.0740. The van der Waals surface area contributed by atoms with Gasteiger partial charge in [0.05, 0.1) is 30.7 Å². The molecule has 2 aromatic carbocycles. The predicted octanol–water partition coefficient (Wildman–Crippen LogP) is 3.36. The normalized spacial score (nSPS) is 12.3. The predicted molar refractivity (Wildman–Crippen MR) is 112 cm³/mol. The highest BCUT2D eigenvalue weighted by atomic mass is 32.2. The second kappa shape index (κ2) is 9.60. The van der Waals surface area contributed by atoms with Crippen molar-refractivity contribution in [3.63, 3.8) is 0 Å². The Morgan fingerprint density at radius 1 is 1.07 bits per heavy atom. The van der Waals surface area contributed by atoms with Crippen LogP contribution in [-0.2, 0) is 21.4 Å². The number of nitrogens with zero attached hydrogens (tertiary/aromatic N) is 1. The number of amides is 1. The number of benzene rings is 2. The monoisotopic (exact) mass is 428 g/mol. The number of nitrogens with one attached hydrogen (secondary N) is 1. The molecule has 0 aliphatic carbocycles. The Morgan fingerprint density at radius 2 is 1.77 bits per heavy atom. The first-order valence-electron chi connectivity index (χ1n) is 9.37. The first-order valence-corrected chi connectivity index (χ1v) is 10.8. The molecule has 1 N–H and O–H groups in total. The standard InChI is InChI=1S/C22H24N2O5S/c1-24(16-17-7-4-3-5-8-17)22(25)15-20(21-9-6-14-29-21)23-30(26,27)19-12-10-18(28-2)11-13-19/h3-14,20,23H,15-16H2,1-2H3/t20-/m0/s1. The van der Waals surface area contributed by atoms with Gasteiger partial charge in [-0.1, -0.05) is 30.3 Å². The van der Waals surface area contributed by atoms with Gasteiger partial charge in [0, 0.05) is 13.6 Å². The van der Waals surface area contributed by atoms with Crippen LogP contribution in [0.15, 0.2) is 82.3 Å². The number of rotatable bonds is 9. The van der Waals surface area contributed by atoms with Gasteiger partial charge in [0.25, 0.3) is 0 Å². The van der Waals surface area contributed by atoms with Crippen molar-refractivity contribution in [3.05, 3.63) is 84.3 Å². The second-order valence-corrected chi connectivity index (χ2v) is 8.52. The van der Waals surface area contributed by atoms with Gasteiger partial charge in [-0.25, -0.2) is 8.42 Å². The fraction of sp³-hybridized carbons (Fsp3) is 0.227. The molecule has 1 amide bonds. The number of carbonyl (C=O) groups is 1. The Hall–Kier alpha value is -3.10. The molecule has 0 fully saturated rings. The lowest BCUT2D eigenvalue weighted by Gasteiger charge is -2.21. The fourth-order valence-corrected chi connectivity index (χ4v) is 4.18. The summed E-state index contributed by atoms with van der Waals surface area (Å²) in [4.78, 5) is 14.4. The van der Waals surface area contributed by atoms with Crippen molar-refractivity contribution in [2.75, 3.05) is 14.2 Å². The molecule has 0 unspecified atom stereocenters. The maximum Gasteiger partial charge on any atom is 0.241 e. The van der Waals surface area contributed by atoms with Crippen molar-refractivity contribution in [2.24, 2.45) is 0 Å². The molecule has 0 aliphatic heterocycles. The summed E-state index contributed by atoms with van der Waals surface area (Å²) in [6.45, 7) is 0.426. The molecule has 0 radical (unpaired) electrons. The smallest absolute Gasteiger partial charge is 0.241 e. The molecule has 3 aromatic rings. The number of carbonyl (C=O) groups excluding carboxylic acids is 1. The molecule has 158 valence electrons. The summed E-state index contributed by atoms with van der Waals surface area (Å²) in [7, 11) is -0.684. The van der Waals surface area contributed by atoms with E-state index in [-0.39, 0.29) is 17.2 Å². The highest BCUT2D eigenvalue weighted by Gasteiger charge is 2.27. The first kappa shape index (κ1) is 21.6. The molecule has 7 nitrogen and oxygen atoms in total. The SMILES string of the molecule is COc1ccc(S(=O)(=O)N[C@@H](CC(=O)N(C)Cc2ccccc2)c2ccco2)cc1. The number of methoxy groups -OCH3 is 1. The lowest BCUT2D eigenvalue weighted by molar-refractivity contribution is -0.131. The van der Waals surface area contributed by atoms with Gasteiger partial charge in [-0.05, 0) is 42.0 Å². The molecule has 8 heteroatoms. The van der Waals surface area contributed by atoms with Crippen LogP contribution in [0.5, 0.6) is 5.75 Å². The van der Waals surface area contributed by atoms with Gasteiger partial charge in [0.1, 0.15) is 11.5 Å². The van der Waals surface area contributed by atoms with Crippen LogP contribution in [-0.4, -0.2) is 33.4 Å². The lowest BCUT2D eigenvalue weighted by Crippen LogP contribution is -2.34. The molecule has 0 saturated heterocycles. The Balaban J connectivity index is 1.75. The summed E-state index contributed by atoms with van der Waals surface area (Å²) in [5.41, 5.74) is 0.988. The number of ether oxygens (including phenoxy) is 1. The largest absolute Gasteiger partial charge is 0.497 e. The fourth-order valence-electron chi connectivity index (χ4n) is 2.98. The van der Waals surface area contributed by atoms with Crippen molar-refractivity contribution in [1.82, 2.24) is 9.62 Å². The number of sulfonamides is 1. The van der Waals surface area contributed by atoms with E-state index in [2.05, 4.69) is 4.72 Å². The van der Waals surface area contributed by atoms with Gasteiger partial charge < -0.3 is 14.1 Å². The molecule has 1 atom stereocenters. The van der Waals surface area contributed by atoms with Gasteiger partial charge in [-0.2, -0.15) is 4.72 Å². The van der Waals surface area contributed by atoms with E-state index in [0.717, 1.165) is 5.56 Å². The van der Waals surface area contributed by atoms with Crippen molar-refractivity contribution in [2.45, 2.75) is 23.9 Å². The van der Waals surface area contributed by atoms with Crippen LogP contribution in [0.4, 0.5) is 0 Å². The van der Waals surface area contributed by atoms with Crippen molar-refractivity contribution >= 4 is 15.9 Å². The molecule has 0 saturated carbocycles. The minimum atomic E-state index is -3.88. The van der Waals surface area contributed by atoms with Crippen LogP contribution >= 0.6 is 0 Å². The molecule has 0 bridgehead atoms. The maximum atomic E-state index is 12.9. The molecule has 0 spiro atoms. The molecular formula is C22H24N2O5S. The summed E-state index contributed by atoms with van der Waals surface area (Å²) < 4.78 is 38.8. The first-order chi connectivity index (χ1) is 14.4. The van der Waals surface area contributed by atoms with E-state index in [9.17, 15) is 13.2 Å². The van der Waals surface area contributed by atoms with Gasteiger partial charge >= 0.3 is 0 Å². The highest BCUT2D eigenvalue weighted by Crippen LogP contribution is 2.23. The van der Waals surface area contributed by atoms with E-state index in [1.165, 1.54) is 25.5 Å². The molecular weight excluding hydrogens is 404 g/mol. The van der Waals surface area contributed by atoms with Crippen molar-refractivity contribution in [1.29, 1.82) is 0 Å². The zero-order valence-corrected chi connectivity index (χ0v) is 17.6. The topological polar surface area (TPSA) is 88.8 Å². The summed E-state index contributed by atoms with van der Waals surface area (Å²) in [6, 6.07) is 18.1. The van der Waals surface area contributed by atoms with Crippen LogP contribution in [0.1, 0.15) is 23.8 Å². The number of hydrogen-bond donors (Lipinski definition) is 1. The quantitative estimate of drug-likeness (QED) is 0.565. The third-order valence-electron chi connectivity index (χ3n) is 4.62. The lowest BCUT2D eigenvalue weighted by atomic mass is 10.1. The van der Waals surface area contributed by atoms with E-state index in [0.29, 0.717) is 18.1 Å². The summed E-state index contributed by atoms with van der Waals surface area (Å²) in [6.07, 6.45) is 1.37. The molecule has 1 heterocycles. The van der Waals surface area contributed by atoms with E-state index < -0.39 is 16.1 Å². The van der Waals surface area contributed by atoms with E-state index in [1.54, 1.807) is 36.2 Å². The average molecular weight is 429 g/mol. The van der Waals surface area contributed by atoms with E-state index in [4.69, 9.17) is 9.15 Å². The van der Waals surface area contributed by atoms with E-state index in [1.807, 2.05) is 30.3 Å². The minimum Gasteiger partial charge on any atom is -0.497 e. The van der Waals surface area contributed by atoms with E-state index >= 15 is 0 Å². The number of furan rings is 1. The van der Waals surface area contributed by atoms with Crippen LogP contribution in [0.3, 0.4) is 0 Å². The zero-order chi connectivity index (χ0) is 21.6. The highest BCUT2D eigenvalue weighted by molar-refractivity contribution is 7.89. The van der Waals surface area contributed by atoms with Gasteiger partial charge in [0.2, 0.25) is 15.9 Å². The number of hydrogen-bond acceptors (Lipinski definition) is 5. The Morgan fingerprint density at radius 3 is 2.37 bits per heavy atom. The van der Waals surface area contributed by atoms with Crippen LogP contribution < -0.4 is 9.46 Å². The van der Waals surface area contributed by atoms with Crippen molar-refractivity contribution in [3.8, 4) is 5.75 Å². The second-order valence-electron chi connectivity index (χ2n) is 6.80. The van der Waals surface area contributed by atoms with Crippen LogP contribution in [0, 0.1) is 0 Å². The zero-order valence-electron chi connectivity index (χ0n) is 16.8.